The molecule has 1 amide bonds. The van der Waals surface area contributed by atoms with Crippen LogP contribution < -0.4 is 9.47 Å². The van der Waals surface area contributed by atoms with Gasteiger partial charge < -0.3 is 29.3 Å². The molecule has 0 fully saturated rings. The van der Waals surface area contributed by atoms with Crippen molar-refractivity contribution in [3.8, 4) is 11.5 Å². The van der Waals surface area contributed by atoms with Gasteiger partial charge in [0, 0.05) is 20.3 Å². The monoisotopic (exact) mass is 713 g/mol. The molecular weight excluding hydrogens is 676 g/mol. The molecule has 0 radical (unpaired) electrons. The third-order valence-electron chi connectivity index (χ3n) is 4.35. The quantitative estimate of drug-likeness (QED) is 0.216. The number of halogens is 2. The normalized spacial score (nSPS) is 10.7. The van der Waals surface area contributed by atoms with Crippen LogP contribution in [0.4, 0.5) is 4.79 Å². The van der Waals surface area contributed by atoms with Crippen molar-refractivity contribution in [1.82, 2.24) is 4.90 Å². The van der Waals surface area contributed by atoms with E-state index in [4.69, 9.17) is 24.4 Å². The summed E-state index contributed by atoms with van der Waals surface area (Å²) in [6.45, 7) is 7.28. The van der Waals surface area contributed by atoms with E-state index in [9.17, 15) is 4.79 Å². The first kappa shape index (κ1) is 31.7. The van der Waals surface area contributed by atoms with Gasteiger partial charge >= 0.3 is 6.09 Å². The maximum absolute atomic E-state index is 12.0. The van der Waals surface area contributed by atoms with Gasteiger partial charge in [-0.15, -0.1) is 0 Å². The Morgan fingerprint density at radius 1 is 0.771 bits per heavy atom. The van der Waals surface area contributed by atoms with E-state index in [1.807, 2.05) is 69.3 Å². The van der Waals surface area contributed by atoms with E-state index in [1.165, 1.54) is 8.47 Å². The Balaban J connectivity index is 0.000000379. The molecule has 35 heavy (non-hydrogen) atoms. The third-order valence-corrected chi connectivity index (χ3v) is 5.79. The number of benzene rings is 2. The number of ether oxygens (including phenoxy) is 3. The molecule has 0 aromatic heterocycles. The van der Waals surface area contributed by atoms with Crippen LogP contribution in [0.2, 0.25) is 0 Å². The van der Waals surface area contributed by atoms with Crippen LogP contribution in [0.5, 0.6) is 11.5 Å². The second-order valence-electron chi connectivity index (χ2n) is 8.58. The van der Waals surface area contributed by atoms with E-state index in [1.54, 1.807) is 0 Å². The molecule has 196 valence electrons. The fourth-order valence-electron chi connectivity index (χ4n) is 2.66. The Labute approximate surface area is 236 Å². The summed E-state index contributed by atoms with van der Waals surface area (Å²) in [5.74, 6) is 1.68. The Kier molecular flexibility index (Phi) is 16.3. The predicted octanol–water partition coefficient (Wildman–Crippen LogP) is 5.73. The van der Waals surface area contributed by atoms with Crippen molar-refractivity contribution in [2.24, 2.45) is 0 Å². The molecule has 9 heteroatoms. The maximum Gasteiger partial charge on any atom is 0.410 e. The molecule has 0 aliphatic heterocycles. The number of unbranched alkanes of at least 4 members (excludes halogenated alkanes) is 2. The molecule has 0 saturated carbocycles. The highest BCUT2D eigenvalue weighted by Crippen LogP contribution is 2.15. The first-order chi connectivity index (χ1) is 16.6. The van der Waals surface area contributed by atoms with E-state index in [-0.39, 0.29) is 19.8 Å². The number of hydrogen-bond donors (Lipinski definition) is 2. The summed E-state index contributed by atoms with van der Waals surface area (Å²) in [5.41, 5.74) is -0.554. The molecule has 0 saturated heterocycles. The van der Waals surface area contributed by atoms with Gasteiger partial charge in [-0.25, -0.2) is 4.79 Å². The van der Waals surface area contributed by atoms with E-state index in [0.29, 0.717) is 13.2 Å². The van der Waals surface area contributed by atoms with Gasteiger partial charge in [0.25, 0.3) is 0 Å². The highest BCUT2D eigenvalue weighted by Gasteiger charge is 2.21. The van der Waals surface area contributed by atoms with Crippen LogP contribution in [-0.2, 0) is 4.74 Å². The van der Waals surface area contributed by atoms with Crippen molar-refractivity contribution >= 4 is 51.3 Å². The minimum Gasteiger partial charge on any atom is -0.494 e. The van der Waals surface area contributed by atoms with Gasteiger partial charge in [-0.2, -0.15) is 0 Å². The lowest BCUT2D eigenvalue weighted by atomic mass is 10.2. The number of nitrogens with zero attached hydrogens (tertiary/aromatic N) is 1. The lowest BCUT2D eigenvalue weighted by molar-refractivity contribution is 0.0194. The number of aliphatic hydroxyl groups excluding tert-OH is 2. The topological polar surface area (TPSA) is 88.5 Å². The van der Waals surface area contributed by atoms with Gasteiger partial charge in [-0.3, -0.25) is 0 Å². The van der Waals surface area contributed by atoms with E-state index < -0.39 is 11.7 Å². The summed E-state index contributed by atoms with van der Waals surface area (Å²) in [4.78, 5) is 13.4. The number of carbonyl (C=O) groups excluding carboxylic acids is 1. The molecule has 0 aliphatic carbocycles. The first-order valence-corrected chi connectivity index (χ1v) is 13.8. The number of amides is 1. The standard InChI is InChI=1S/C15H22INO4.C11H15IO2/c1-15(2,3)21-14(19)17(8-10-18)9-11-20-13-6-4-12(16)5-7-13;12-10-4-6-11(7-5-10)14-9-3-1-2-8-13/h4-7,18H,8-11H2,1-3H3;4-7,13H,1-3,8-9H2. The number of carbonyl (C=O) groups is 1. The summed E-state index contributed by atoms with van der Waals surface area (Å²) < 4.78 is 18.7. The summed E-state index contributed by atoms with van der Waals surface area (Å²) in [6, 6.07) is 15.7. The van der Waals surface area contributed by atoms with E-state index in [0.717, 1.165) is 40.9 Å². The van der Waals surface area contributed by atoms with E-state index >= 15 is 0 Å². The molecule has 0 heterocycles. The number of aliphatic hydroxyl groups is 2. The minimum atomic E-state index is -0.554. The van der Waals surface area contributed by atoms with Crippen LogP contribution in [0.25, 0.3) is 0 Å². The van der Waals surface area contributed by atoms with Crippen molar-refractivity contribution in [1.29, 1.82) is 0 Å². The Morgan fingerprint density at radius 2 is 1.29 bits per heavy atom. The SMILES string of the molecule is CC(C)(C)OC(=O)N(CCO)CCOc1ccc(I)cc1.OCCCCCOc1ccc(I)cc1. The molecule has 2 N–H and O–H groups in total. The van der Waals surface area contributed by atoms with Gasteiger partial charge in [0.2, 0.25) is 0 Å². The van der Waals surface area contributed by atoms with Crippen LogP contribution >= 0.6 is 45.2 Å². The lowest BCUT2D eigenvalue weighted by Gasteiger charge is -2.26. The van der Waals surface area contributed by atoms with Crippen molar-refractivity contribution in [3.63, 3.8) is 0 Å². The summed E-state index contributed by atoms with van der Waals surface area (Å²) in [5, 5.41) is 17.6. The molecule has 0 unspecified atom stereocenters. The van der Waals surface area contributed by atoms with Crippen molar-refractivity contribution < 1.29 is 29.2 Å². The lowest BCUT2D eigenvalue weighted by Crippen LogP contribution is -2.40. The molecule has 0 aliphatic rings. The van der Waals surface area contributed by atoms with Crippen LogP contribution in [-0.4, -0.2) is 66.3 Å². The highest BCUT2D eigenvalue weighted by atomic mass is 127. The zero-order valence-corrected chi connectivity index (χ0v) is 25.0. The van der Waals surface area contributed by atoms with Crippen molar-refractivity contribution in [2.45, 2.75) is 45.6 Å². The summed E-state index contributed by atoms with van der Waals surface area (Å²) in [6.07, 6.45) is 2.46. The van der Waals surface area contributed by atoms with Gasteiger partial charge in [0.15, 0.2) is 0 Å². The largest absolute Gasteiger partial charge is 0.494 e. The summed E-state index contributed by atoms with van der Waals surface area (Å²) in [7, 11) is 0. The number of rotatable bonds is 12. The average molecular weight is 713 g/mol. The second-order valence-corrected chi connectivity index (χ2v) is 11.1. The average Bonchev–Trinajstić information content (AvgIpc) is 2.80. The molecule has 2 aromatic rings. The van der Waals surface area contributed by atoms with Crippen molar-refractivity contribution in [3.05, 3.63) is 55.7 Å². The molecule has 0 atom stereocenters. The zero-order valence-electron chi connectivity index (χ0n) is 20.7. The van der Waals surface area contributed by atoms with Crippen LogP contribution in [0.3, 0.4) is 0 Å². The zero-order chi connectivity index (χ0) is 26.1. The van der Waals surface area contributed by atoms with Gasteiger partial charge in [-0.1, -0.05) is 0 Å². The Bertz CT molecular complexity index is 825. The molecule has 7 nitrogen and oxygen atoms in total. The summed E-state index contributed by atoms with van der Waals surface area (Å²) >= 11 is 4.49. The van der Waals surface area contributed by atoms with Gasteiger partial charge in [0.1, 0.15) is 23.7 Å². The third kappa shape index (κ3) is 16.1. The Morgan fingerprint density at radius 3 is 1.74 bits per heavy atom. The second kappa shape index (κ2) is 18.0. The van der Waals surface area contributed by atoms with Gasteiger partial charge in [-0.05, 0) is 134 Å². The number of hydrogen-bond acceptors (Lipinski definition) is 6. The van der Waals surface area contributed by atoms with Crippen LogP contribution in [0, 0.1) is 7.14 Å². The van der Waals surface area contributed by atoms with Crippen LogP contribution in [0.1, 0.15) is 40.0 Å². The molecular formula is C26H37I2NO6. The first-order valence-electron chi connectivity index (χ1n) is 11.6. The molecule has 2 aromatic carbocycles. The molecule has 2 rings (SSSR count). The maximum atomic E-state index is 12.0. The minimum absolute atomic E-state index is 0.108. The fraction of sp³-hybridized carbons (Fsp3) is 0.500. The highest BCUT2D eigenvalue weighted by molar-refractivity contribution is 14.1. The Hall–Kier alpha value is -1.31. The molecule has 0 spiro atoms. The van der Waals surface area contributed by atoms with Crippen LogP contribution in [0.15, 0.2) is 48.5 Å². The predicted molar refractivity (Wildman–Crippen MR) is 155 cm³/mol. The fourth-order valence-corrected chi connectivity index (χ4v) is 3.38. The smallest absolute Gasteiger partial charge is 0.410 e. The van der Waals surface area contributed by atoms with Crippen molar-refractivity contribution in [2.75, 3.05) is 39.5 Å². The van der Waals surface area contributed by atoms with Gasteiger partial charge in [0.05, 0.1) is 19.8 Å². The van der Waals surface area contributed by atoms with E-state index in [2.05, 4.69) is 45.2 Å². The molecule has 0 bridgehead atoms.